The Morgan fingerprint density at radius 3 is 2.90 bits per heavy atom. The van der Waals surface area contributed by atoms with Crippen molar-refractivity contribution in [3.05, 3.63) is 35.4 Å². The molecule has 1 saturated heterocycles. The predicted molar refractivity (Wildman–Crippen MR) is 80.3 cm³/mol. The van der Waals surface area contributed by atoms with Crippen LogP contribution in [0.2, 0.25) is 0 Å². The number of nitrogens with one attached hydrogen (secondary N) is 2. The summed E-state index contributed by atoms with van der Waals surface area (Å²) in [5, 5.41) is 15.2. The van der Waals surface area contributed by atoms with Crippen LogP contribution in [-0.4, -0.2) is 36.6 Å². The van der Waals surface area contributed by atoms with Crippen molar-refractivity contribution in [1.29, 1.82) is 0 Å². The summed E-state index contributed by atoms with van der Waals surface area (Å²) in [4.78, 5) is 23.1. The van der Waals surface area contributed by atoms with Crippen molar-refractivity contribution in [3.63, 3.8) is 0 Å². The monoisotopic (exact) mass is 290 g/mol. The van der Waals surface area contributed by atoms with E-state index < -0.39 is 5.97 Å². The van der Waals surface area contributed by atoms with E-state index in [4.69, 9.17) is 5.11 Å². The van der Waals surface area contributed by atoms with E-state index >= 15 is 0 Å². The van der Waals surface area contributed by atoms with Gasteiger partial charge in [-0.1, -0.05) is 12.1 Å². The van der Waals surface area contributed by atoms with E-state index in [1.165, 1.54) is 0 Å². The SMILES string of the molecule is CC1(C(=O)NCCc2cccc(C(=O)O)c2)CCCNC1. The first-order chi connectivity index (χ1) is 10.0. The van der Waals surface area contributed by atoms with Crippen LogP contribution in [0, 0.1) is 5.41 Å². The van der Waals surface area contributed by atoms with Crippen LogP contribution < -0.4 is 10.6 Å². The highest BCUT2D eigenvalue weighted by atomic mass is 16.4. The van der Waals surface area contributed by atoms with E-state index in [0.29, 0.717) is 19.5 Å². The standard InChI is InChI=1S/C16H22N2O3/c1-16(7-3-8-17-11-16)15(21)18-9-6-12-4-2-5-13(10-12)14(19)20/h2,4-5,10,17H,3,6-9,11H2,1H3,(H,18,21)(H,19,20). The number of amides is 1. The first-order valence-electron chi connectivity index (χ1n) is 7.32. The Hall–Kier alpha value is -1.88. The largest absolute Gasteiger partial charge is 0.478 e. The number of aromatic carboxylic acids is 1. The normalized spacial score (nSPS) is 21.8. The number of rotatable bonds is 5. The maximum absolute atomic E-state index is 12.2. The lowest BCUT2D eigenvalue weighted by Crippen LogP contribution is -2.49. The van der Waals surface area contributed by atoms with Gasteiger partial charge < -0.3 is 15.7 Å². The highest BCUT2D eigenvalue weighted by Crippen LogP contribution is 2.25. The Morgan fingerprint density at radius 1 is 1.43 bits per heavy atom. The van der Waals surface area contributed by atoms with Gasteiger partial charge >= 0.3 is 5.97 Å². The molecule has 1 aromatic carbocycles. The van der Waals surface area contributed by atoms with Gasteiger partial charge in [-0.15, -0.1) is 0 Å². The fourth-order valence-electron chi connectivity index (χ4n) is 2.64. The molecule has 114 valence electrons. The Labute approximate surface area is 124 Å². The molecule has 1 aromatic rings. The minimum absolute atomic E-state index is 0.0732. The van der Waals surface area contributed by atoms with Crippen molar-refractivity contribution in [2.24, 2.45) is 5.41 Å². The number of carbonyl (C=O) groups excluding carboxylic acids is 1. The summed E-state index contributed by atoms with van der Waals surface area (Å²) in [5.41, 5.74) is 0.866. The number of carboxylic acid groups (broad SMARTS) is 1. The molecule has 5 nitrogen and oxygen atoms in total. The zero-order valence-electron chi connectivity index (χ0n) is 12.3. The molecule has 2 rings (SSSR count). The van der Waals surface area contributed by atoms with Crippen LogP contribution in [0.5, 0.6) is 0 Å². The molecule has 0 bridgehead atoms. The van der Waals surface area contributed by atoms with E-state index in [1.54, 1.807) is 18.2 Å². The van der Waals surface area contributed by atoms with Gasteiger partial charge in [0.05, 0.1) is 11.0 Å². The molecule has 21 heavy (non-hydrogen) atoms. The fraction of sp³-hybridized carbons (Fsp3) is 0.500. The Balaban J connectivity index is 1.85. The molecular formula is C16H22N2O3. The second kappa shape index (κ2) is 6.72. The number of carbonyl (C=O) groups is 2. The number of carboxylic acids is 1. The average Bonchev–Trinajstić information content (AvgIpc) is 2.48. The van der Waals surface area contributed by atoms with Crippen molar-refractivity contribution in [2.75, 3.05) is 19.6 Å². The van der Waals surface area contributed by atoms with E-state index in [2.05, 4.69) is 10.6 Å². The van der Waals surface area contributed by atoms with Crippen LogP contribution in [0.15, 0.2) is 24.3 Å². The van der Waals surface area contributed by atoms with Gasteiger partial charge in [-0.05, 0) is 50.4 Å². The first kappa shape index (κ1) is 15.5. The molecule has 1 aliphatic rings. The molecule has 0 aromatic heterocycles. The van der Waals surface area contributed by atoms with Gasteiger partial charge in [0, 0.05) is 13.1 Å². The summed E-state index contributed by atoms with van der Waals surface area (Å²) in [6.45, 7) is 4.20. The maximum Gasteiger partial charge on any atom is 0.335 e. The molecule has 1 fully saturated rings. The summed E-state index contributed by atoms with van der Waals surface area (Å²) in [7, 11) is 0. The Morgan fingerprint density at radius 2 is 2.24 bits per heavy atom. The molecule has 1 heterocycles. The van der Waals surface area contributed by atoms with Crippen LogP contribution >= 0.6 is 0 Å². The van der Waals surface area contributed by atoms with E-state index in [9.17, 15) is 9.59 Å². The number of hydrogen-bond acceptors (Lipinski definition) is 3. The lowest BCUT2D eigenvalue weighted by molar-refractivity contribution is -0.131. The van der Waals surface area contributed by atoms with Crippen molar-refractivity contribution >= 4 is 11.9 Å². The summed E-state index contributed by atoms with van der Waals surface area (Å²) in [5.74, 6) is -0.856. The summed E-state index contributed by atoms with van der Waals surface area (Å²) < 4.78 is 0. The third kappa shape index (κ3) is 4.04. The molecule has 0 radical (unpaired) electrons. The summed E-state index contributed by atoms with van der Waals surface area (Å²) in [6, 6.07) is 6.83. The Kier molecular flexibility index (Phi) is 4.96. The van der Waals surface area contributed by atoms with Crippen LogP contribution in [-0.2, 0) is 11.2 Å². The molecule has 0 saturated carbocycles. The quantitative estimate of drug-likeness (QED) is 0.766. The van der Waals surface area contributed by atoms with Crippen molar-refractivity contribution < 1.29 is 14.7 Å². The average molecular weight is 290 g/mol. The van der Waals surface area contributed by atoms with Crippen LogP contribution in [0.1, 0.15) is 35.7 Å². The lowest BCUT2D eigenvalue weighted by Gasteiger charge is -2.32. The van der Waals surface area contributed by atoms with E-state index in [-0.39, 0.29) is 16.9 Å². The topological polar surface area (TPSA) is 78.4 Å². The lowest BCUT2D eigenvalue weighted by atomic mass is 9.82. The molecule has 1 atom stereocenters. The highest BCUT2D eigenvalue weighted by Gasteiger charge is 2.34. The minimum atomic E-state index is -0.929. The molecule has 1 aliphatic heterocycles. The maximum atomic E-state index is 12.2. The third-order valence-electron chi connectivity index (χ3n) is 4.02. The minimum Gasteiger partial charge on any atom is -0.478 e. The van der Waals surface area contributed by atoms with Gasteiger partial charge in [0.15, 0.2) is 0 Å². The molecule has 0 aliphatic carbocycles. The van der Waals surface area contributed by atoms with Crippen molar-refractivity contribution in [3.8, 4) is 0 Å². The molecule has 3 N–H and O–H groups in total. The number of hydrogen-bond donors (Lipinski definition) is 3. The molecule has 1 unspecified atom stereocenters. The summed E-state index contributed by atoms with van der Waals surface area (Å²) >= 11 is 0. The number of piperidine rings is 1. The number of benzene rings is 1. The highest BCUT2D eigenvalue weighted by molar-refractivity contribution is 5.87. The smallest absolute Gasteiger partial charge is 0.335 e. The molecule has 0 spiro atoms. The molecule has 5 heteroatoms. The summed E-state index contributed by atoms with van der Waals surface area (Å²) in [6.07, 6.45) is 2.56. The van der Waals surface area contributed by atoms with Crippen LogP contribution in [0.3, 0.4) is 0 Å². The van der Waals surface area contributed by atoms with Gasteiger partial charge in [0.1, 0.15) is 0 Å². The second-order valence-electron chi connectivity index (χ2n) is 5.85. The fourth-order valence-corrected chi connectivity index (χ4v) is 2.64. The third-order valence-corrected chi connectivity index (χ3v) is 4.02. The van der Waals surface area contributed by atoms with Crippen LogP contribution in [0.25, 0.3) is 0 Å². The van der Waals surface area contributed by atoms with E-state index in [0.717, 1.165) is 24.9 Å². The Bertz CT molecular complexity index is 522. The zero-order valence-corrected chi connectivity index (χ0v) is 12.3. The first-order valence-corrected chi connectivity index (χ1v) is 7.32. The van der Waals surface area contributed by atoms with E-state index in [1.807, 2.05) is 13.0 Å². The van der Waals surface area contributed by atoms with Crippen LogP contribution in [0.4, 0.5) is 0 Å². The van der Waals surface area contributed by atoms with Gasteiger partial charge in [0.25, 0.3) is 0 Å². The zero-order chi connectivity index (χ0) is 15.3. The van der Waals surface area contributed by atoms with Gasteiger partial charge in [-0.3, -0.25) is 4.79 Å². The predicted octanol–water partition coefficient (Wildman–Crippen LogP) is 1.43. The van der Waals surface area contributed by atoms with Crippen molar-refractivity contribution in [2.45, 2.75) is 26.2 Å². The van der Waals surface area contributed by atoms with Gasteiger partial charge in [0.2, 0.25) is 5.91 Å². The van der Waals surface area contributed by atoms with Crippen molar-refractivity contribution in [1.82, 2.24) is 10.6 Å². The molecule has 1 amide bonds. The second-order valence-corrected chi connectivity index (χ2v) is 5.85. The molecular weight excluding hydrogens is 268 g/mol. The van der Waals surface area contributed by atoms with Gasteiger partial charge in [-0.25, -0.2) is 4.79 Å². The van der Waals surface area contributed by atoms with Gasteiger partial charge in [-0.2, -0.15) is 0 Å².